The van der Waals surface area contributed by atoms with E-state index in [2.05, 4.69) is 35.8 Å². The molecule has 5 rings (SSSR count). The number of pyridine rings is 1. The molecule has 0 bridgehead atoms. The molecule has 53 heavy (non-hydrogen) atoms. The van der Waals surface area contributed by atoms with Crippen molar-refractivity contribution in [3.05, 3.63) is 96.1 Å². The Kier molecular flexibility index (Phi) is 12.9. The normalized spacial score (nSPS) is 13.4. The Morgan fingerprint density at radius 2 is 1.70 bits per heavy atom. The molecule has 1 aliphatic heterocycles. The van der Waals surface area contributed by atoms with Crippen LogP contribution in [0.4, 0.5) is 22.0 Å². The second-order valence-corrected chi connectivity index (χ2v) is 13.2. The van der Waals surface area contributed by atoms with Gasteiger partial charge in [0.25, 0.3) is 5.91 Å². The number of amides is 3. The van der Waals surface area contributed by atoms with E-state index in [0.717, 1.165) is 16.8 Å². The zero-order valence-electron chi connectivity index (χ0n) is 30.0. The predicted molar refractivity (Wildman–Crippen MR) is 198 cm³/mol. The molecule has 4 aromatic rings. The van der Waals surface area contributed by atoms with Crippen molar-refractivity contribution in [1.82, 2.24) is 25.6 Å². The van der Waals surface area contributed by atoms with E-state index in [1.165, 1.54) is 6.20 Å². The van der Waals surface area contributed by atoms with Gasteiger partial charge in [0.2, 0.25) is 5.91 Å². The molecule has 1 aliphatic rings. The summed E-state index contributed by atoms with van der Waals surface area (Å²) in [6, 6.07) is 17.1. The van der Waals surface area contributed by atoms with Gasteiger partial charge in [-0.1, -0.05) is 54.6 Å². The van der Waals surface area contributed by atoms with Crippen LogP contribution < -0.4 is 26.6 Å². The van der Waals surface area contributed by atoms with Crippen LogP contribution in [0, 0.1) is 0 Å². The van der Waals surface area contributed by atoms with E-state index < -0.39 is 35.5 Å². The third kappa shape index (κ3) is 11.5. The fraction of sp³-hybridized carbons (Fsp3) is 0.342. The number of carbonyl (C=O) groups excluding carboxylic acids is 4. The molecule has 0 unspecified atom stereocenters. The number of nitrogens with one attached hydrogen (secondary N) is 3. The number of nitrogen functional groups attached to an aromatic ring is 1. The van der Waals surface area contributed by atoms with Crippen LogP contribution in [0.15, 0.2) is 79.3 Å². The van der Waals surface area contributed by atoms with Gasteiger partial charge < -0.3 is 40.8 Å². The first-order valence-corrected chi connectivity index (χ1v) is 17.2. The number of benzene rings is 2. The van der Waals surface area contributed by atoms with Crippen LogP contribution in [0.25, 0.3) is 11.3 Å². The summed E-state index contributed by atoms with van der Waals surface area (Å²) in [7, 11) is 0. The van der Waals surface area contributed by atoms with E-state index in [1.807, 2.05) is 36.4 Å². The van der Waals surface area contributed by atoms with E-state index in [0.29, 0.717) is 43.2 Å². The first-order chi connectivity index (χ1) is 25.4. The minimum atomic E-state index is -1.06. The minimum Gasteiger partial charge on any atom is -0.461 e. The van der Waals surface area contributed by atoms with Crippen molar-refractivity contribution in [2.45, 2.75) is 58.4 Å². The number of nitrogens with two attached hydrogens (primary N) is 1. The number of carbonyl (C=O) groups is 4. The Bertz CT molecular complexity index is 1880. The maximum absolute atomic E-state index is 13.4. The number of rotatable bonds is 13. The van der Waals surface area contributed by atoms with Crippen LogP contribution in [-0.4, -0.2) is 76.8 Å². The summed E-state index contributed by atoms with van der Waals surface area (Å²) in [5, 5.41) is 8.26. The number of ether oxygens (including phenoxy) is 3. The number of esters is 1. The van der Waals surface area contributed by atoms with Crippen LogP contribution in [-0.2, 0) is 37.0 Å². The Labute approximate surface area is 307 Å². The lowest BCUT2D eigenvalue weighted by Crippen LogP contribution is -2.48. The maximum Gasteiger partial charge on any atom is 0.408 e. The highest BCUT2D eigenvalue weighted by Crippen LogP contribution is 2.27. The molecule has 1 saturated heterocycles. The summed E-state index contributed by atoms with van der Waals surface area (Å²) in [5.74, 6) is -1.56. The third-order valence-corrected chi connectivity index (χ3v) is 8.02. The lowest BCUT2D eigenvalue weighted by molar-refractivity contribution is -0.145. The Balaban J connectivity index is 1.20. The Morgan fingerprint density at radius 3 is 2.42 bits per heavy atom. The van der Waals surface area contributed by atoms with E-state index in [9.17, 15) is 19.2 Å². The molecule has 1 fully saturated rings. The van der Waals surface area contributed by atoms with Gasteiger partial charge in [0.1, 0.15) is 18.2 Å². The number of hydrogen-bond donors (Lipinski definition) is 4. The van der Waals surface area contributed by atoms with Gasteiger partial charge in [0.15, 0.2) is 11.5 Å². The lowest BCUT2D eigenvalue weighted by Gasteiger charge is -2.30. The highest BCUT2D eigenvalue weighted by Gasteiger charge is 2.26. The van der Waals surface area contributed by atoms with Gasteiger partial charge >= 0.3 is 12.1 Å². The molecule has 1 atom stereocenters. The van der Waals surface area contributed by atoms with Gasteiger partial charge in [-0.3, -0.25) is 19.4 Å². The molecule has 2 aromatic heterocycles. The fourth-order valence-electron chi connectivity index (χ4n) is 5.35. The van der Waals surface area contributed by atoms with Crippen LogP contribution in [0.1, 0.15) is 55.2 Å². The quantitative estimate of drug-likeness (QED) is 0.143. The molecule has 5 N–H and O–H groups in total. The van der Waals surface area contributed by atoms with Gasteiger partial charge in [-0.2, -0.15) is 0 Å². The second-order valence-electron chi connectivity index (χ2n) is 13.2. The third-order valence-electron chi connectivity index (χ3n) is 8.02. The maximum atomic E-state index is 13.4. The summed E-state index contributed by atoms with van der Waals surface area (Å²) in [6.45, 7) is 7.89. The summed E-state index contributed by atoms with van der Waals surface area (Å²) in [6.07, 6.45) is 3.83. The number of morpholine rings is 1. The van der Waals surface area contributed by atoms with E-state index in [1.54, 1.807) is 57.4 Å². The molecule has 0 radical (unpaired) electrons. The smallest absolute Gasteiger partial charge is 0.408 e. The summed E-state index contributed by atoms with van der Waals surface area (Å²) < 4.78 is 16.1. The van der Waals surface area contributed by atoms with Gasteiger partial charge in [0, 0.05) is 37.8 Å². The molecule has 3 heterocycles. The molecule has 0 spiro atoms. The average Bonchev–Trinajstić information content (AvgIpc) is 3.15. The van der Waals surface area contributed by atoms with Gasteiger partial charge in [0.05, 0.1) is 42.7 Å². The van der Waals surface area contributed by atoms with Crippen LogP contribution in [0.5, 0.6) is 0 Å². The van der Waals surface area contributed by atoms with Gasteiger partial charge in [-0.25, -0.2) is 14.8 Å². The van der Waals surface area contributed by atoms with Crippen molar-refractivity contribution < 1.29 is 33.4 Å². The standard InChI is InChI=1S/C38H44N8O7/c1-38(2,3)53-37(50)45-28(13-14-32(47)52-24-26-7-5-4-6-8-26)35(48)42-21-25-9-11-27(12-10-25)29-23-41-34(39)33(43-29)36(49)44-30-22-40-16-15-31(30)46-17-19-51-20-18-46/h4-12,15-16,22-23,28H,13-14,17-21,24H2,1-3H3,(H2,39,41)(H,42,48)(H,44,49)(H,45,50)/t28-/m1/s1. The van der Waals surface area contributed by atoms with Crippen LogP contribution in [0.2, 0.25) is 0 Å². The fourth-order valence-corrected chi connectivity index (χ4v) is 5.35. The molecule has 3 amide bonds. The SMILES string of the molecule is CC(C)(C)OC(=O)N[C@H](CCC(=O)OCc1ccccc1)C(=O)NCc1ccc(-c2cnc(N)c(C(=O)Nc3cnccc3N3CCOCC3)n2)cc1. The number of nitrogens with zero attached hydrogens (tertiary/aromatic N) is 4. The number of anilines is 3. The number of hydrogen-bond acceptors (Lipinski definition) is 12. The molecule has 0 aliphatic carbocycles. The van der Waals surface area contributed by atoms with Crippen molar-refractivity contribution in [1.29, 1.82) is 0 Å². The number of alkyl carbamates (subject to hydrolysis) is 1. The van der Waals surface area contributed by atoms with E-state index >= 15 is 0 Å². The van der Waals surface area contributed by atoms with Crippen molar-refractivity contribution in [2.24, 2.45) is 0 Å². The van der Waals surface area contributed by atoms with E-state index in [4.69, 9.17) is 19.9 Å². The first kappa shape index (κ1) is 38.1. The molecule has 15 heteroatoms. The first-order valence-electron chi connectivity index (χ1n) is 17.2. The molecule has 0 saturated carbocycles. The van der Waals surface area contributed by atoms with Gasteiger partial charge in [-0.15, -0.1) is 0 Å². The summed E-state index contributed by atoms with van der Waals surface area (Å²) >= 11 is 0. The molecule has 278 valence electrons. The molecular weight excluding hydrogens is 680 g/mol. The zero-order chi connectivity index (χ0) is 37.8. The Morgan fingerprint density at radius 1 is 0.962 bits per heavy atom. The van der Waals surface area contributed by atoms with Crippen LogP contribution in [0.3, 0.4) is 0 Å². The van der Waals surface area contributed by atoms with Crippen molar-refractivity contribution in [3.8, 4) is 11.3 Å². The molecule has 2 aromatic carbocycles. The Hall–Kier alpha value is -6.09. The summed E-state index contributed by atoms with van der Waals surface area (Å²) in [4.78, 5) is 66.6. The lowest BCUT2D eigenvalue weighted by atomic mass is 10.1. The van der Waals surface area contributed by atoms with Crippen molar-refractivity contribution in [2.75, 3.05) is 42.3 Å². The van der Waals surface area contributed by atoms with Crippen LogP contribution >= 0.6 is 0 Å². The van der Waals surface area contributed by atoms with Gasteiger partial charge in [-0.05, 0) is 44.4 Å². The zero-order valence-corrected chi connectivity index (χ0v) is 30.0. The predicted octanol–water partition coefficient (Wildman–Crippen LogP) is 4.24. The minimum absolute atomic E-state index is 0.00132. The number of aromatic nitrogens is 3. The summed E-state index contributed by atoms with van der Waals surface area (Å²) in [5.41, 5.74) is 9.25. The molecular formula is C38H44N8O7. The highest BCUT2D eigenvalue weighted by molar-refractivity contribution is 6.07. The van der Waals surface area contributed by atoms with Crippen molar-refractivity contribution >= 4 is 41.1 Å². The second kappa shape index (κ2) is 17.9. The average molecular weight is 725 g/mol. The largest absolute Gasteiger partial charge is 0.461 e. The highest BCUT2D eigenvalue weighted by atomic mass is 16.6. The molecule has 15 nitrogen and oxygen atoms in total. The monoisotopic (exact) mass is 724 g/mol. The van der Waals surface area contributed by atoms with E-state index in [-0.39, 0.29) is 37.5 Å². The topological polar surface area (TPSA) is 200 Å². The van der Waals surface area contributed by atoms with Crippen molar-refractivity contribution in [3.63, 3.8) is 0 Å².